The predicted molar refractivity (Wildman–Crippen MR) is 156 cm³/mol. The molecule has 4 atom stereocenters. The summed E-state index contributed by atoms with van der Waals surface area (Å²) < 4.78 is 23.1. The maximum absolute atomic E-state index is 12.8. The van der Waals surface area contributed by atoms with Gasteiger partial charge < -0.3 is 45.1 Å². The van der Waals surface area contributed by atoms with Crippen molar-refractivity contribution < 1.29 is 38.7 Å². The van der Waals surface area contributed by atoms with Gasteiger partial charge >= 0.3 is 0 Å². The number of aromatic nitrogens is 4. The molecule has 0 bridgehead atoms. The van der Waals surface area contributed by atoms with Crippen molar-refractivity contribution in [3.05, 3.63) is 65.7 Å². The second-order valence-electron chi connectivity index (χ2n) is 9.86. The Balaban J connectivity index is 1.21. The third-order valence-corrected chi connectivity index (χ3v) is 7.24. The standard InChI is InChI=1S/C29H33N7O8/c1-30-28(40)24-21(37)22(38)29(44-24)36-14-35-20-25(33-13-34-26(20)36)31-11-15-5-7-16(8-6-15)12-32-27(39)17-9-18(41-2)23(43-4)19(10-17)42-3/h5-10,13-14,21-22,24,29,37-38H,11-12H2,1-4H3,(H,30,40)(H,32,39)(H,31,33,34)/t21-,22?,24+,29-/m1/s1. The largest absolute Gasteiger partial charge is 0.493 e. The Kier molecular flexibility index (Phi) is 9.08. The summed E-state index contributed by atoms with van der Waals surface area (Å²) in [7, 11) is 5.89. The molecule has 1 unspecified atom stereocenters. The van der Waals surface area contributed by atoms with Crippen molar-refractivity contribution in [1.82, 2.24) is 30.2 Å². The molecule has 5 rings (SSSR count). The summed E-state index contributed by atoms with van der Waals surface area (Å²) in [5.41, 5.74) is 2.99. The first kappa shape index (κ1) is 30.5. The van der Waals surface area contributed by atoms with Crippen LogP contribution < -0.4 is 30.2 Å². The summed E-state index contributed by atoms with van der Waals surface area (Å²) in [4.78, 5) is 37.8. The van der Waals surface area contributed by atoms with E-state index in [1.165, 1.54) is 45.6 Å². The molecule has 15 heteroatoms. The number of amides is 2. The lowest BCUT2D eigenvalue weighted by Crippen LogP contribution is -2.41. The zero-order chi connectivity index (χ0) is 31.4. The van der Waals surface area contributed by atoms with Gasteiger partial charge in [-0.25, -0.2) is 15.0 Å². The van der Waals surface area contributed by atoms with Crippen LogP contribution in [0.3, 0.4) is 0 Å². The minimum Gasteiger partial charge on any atom is -0.493 e. The number of benzene rings is 2. The zero-order valence-corrected chi connectivity index (χ0v) is 24.5. The highest BCUT2D eigenvalue weighted by molar-refractivity contribution is 5.95. The molecule has 44 heavy (non-hydrogen) atoms. The molecule has 232 valence electrons. The predicted octanol–water partition coefficient (Wildman–Crippen LogP) is 0.759. The molecule has 0 saturated carbocycles. The van der Waals surface area contributed by atoms with E-state index in [9.17, 15) is 19.8 Å². The van der Waals surface area contributed by atoms with Crippen molar-refractivity contribution in [2.75, 3.05) is 33.7 Å². The van der Waals surface area contributed by atoms with Crippen molar-refractivity contribution in [3.63, 3.8) is 0 Å². The Morgan fingerprint density at radius 3 is 2.20 bits per heavy atom. The number of carbonyl (C=O) groups is 2. The Labute approximate surface area is 252 Å². The maximum Gasteiger partial charge on any atom is 0.251 e. The number of aliphatic hydroxyl groups excluding tert-OH is 2. The lowest BCUT2D eigenvalue weighted by atomic mass is 10.1. The van der Waals surface area contributed by atoms with E-state index in [0.29, 0.717) is 52.9 Å². The molecule has 1 fully saturated rings. The van der Waals surface area contributed by atoms with Crippen molar-refractivity contribution in [1.29, 1.82) is 0 Å². The number of hydrogen-bond donors (Lipinski definition) is 5. The van der Waals surface area contributed by atoms with Crippen LogP contribution in [0.5, 0.6) is 17.2 Å². The first-order chi connectivity index (χ1) is 21.3. The smallest absolute Gasteiger partial charge is 0.251 e. The molecule has 3 heterocycles. The number of anilines is 1. The first-order valence-electron chi connectivity index (χ1n) is 13.6. The molecule has 1 aliphatic heterocycles. The minimum atomic E-state index is -1.41. The van der Waals surface area contributed by atoms with Crippen LogP contribution in [-0.4, -0.2) is 88.2 Å². The molecule has 2 aromatic carbocycles. The van der Waals surface area contributed by atoms with E-state index in [-0.39, 0.29) is 5.91 Å². The molecule has 2 aromatic heterocycles. The molecule has 4 aromatic rings. The van der Waals surface area contributed by atoms with Gasteiger partial charge in [0, 0.05) is 25.7 Å². The van der Waals surface area contributed by atoms with Crippen molar-refractivity contribution in [2.24, 2.45) is 0 Å². The Morgan fingerprint density at radius 1 is 0.932 bits per heavy atom. The minimum absolute atomic E-state index is 0.295. The number of hydrogen-bond acceptors (Lipinski definition) is 12. The number of carbonyl (C=O) groups excluding carboxylic acids is 2. The zero-order valence-electron chi connectivity index (χ0n) is 24.5. The van der Waals surface area contributed by atoms with Crippen LogP contribution in [0.25, 0.3) is 11.2 Å². The van der Waals surface area contributed by atoms with Gasteiger partial charge in [-0.1, -0.05) is 24.3 Å². The molecule has 0 aliphatic carbocycles. The van der Waals surface area contributed by atoms with Crippen LogP contribution in [0, 0.1) is 0 Å². The third-order valence-electron chi connectivity index (χ3n) is 7.24. The number of nitrogens with one attached hydrogen (secondary N) is 3. The molecule has 1 aliphatic rings. The highest BCUT2D eigenvalue weighted by atomic mass is 16.6. The average Bonchev–Trinajstić information content (AvgIpc) is 3.62. The van der Waals surface area contributed by atoms with E-state index in [4.69, 9.17) is 18.9 Å². The van der Waals surface area contributed by atoms with Gasteiger partial charge in [-0.05, 0) is 23.3 Å². The van der Waals surface area contributed by atoms with E-state index in [0.717, 1.165) is 11.1 Å². The summed E-state index contributed by atoms with van der Waals surface area (Å²) in [6, 6.07) is 10.8. The number of nitrogens with zero attached hydrogens (tertiary/aromatic N) is 4. The summed E-state index contributed by atoms with van der Waals surface area (Å²) in [5, 5.41) is 29.4. The second kappa shape index (κ2) is 13.1. The maximum atomic E-state index is 12.8. The highest BCUT2D eigenvalue weighted by Crippen LogP contribution is 2.38. The number of ether oxygens (including phenoxy) is 4. The van der Waals surface area contributed by atoms with Crippen molar-refractivity contribution in [2.45, 2.75) is 37.6 Å². The lowest BCUT2D eigenvalue weighted by Gasteiger charge is -2.16. The van der Waals surface area contributed by atoms with Crippen LogP contribution in [0.2, 0.25) is 0 Å². The molecule has 2 amide bonds. The number of imidazole rings is 1. The Hall–Kier alpha value is -4.99. The van der Waals surface area contributed by atoms with Gasteiger partial charge in [-0.15, -0.1) is 0 Å². The van der Waals surface area contributed by atoms with E-state index in [1.807, 2.05) is 24.3 Å². The number of fused-ring (bicyclic) bond motifs is 1. The summed E-state index contributed by atoms with van der Waals surface area (Å²) in [6.45, 7) is 0.717. The second-order valence-corrected chi connectivity index (χ2v) is 9.86. The molecule has 0 radical (unpaired) electrons. The van der Waals surface area contributed by atoms with Crippen LogP contribution in [0.4, 0.5) is 5.82 Å². The highest BCUT2D eigenvalue weighted by Gasteiger charge is 2.47. The lowest BCUT2D eigenvalue weighted by molar-refractivity contribution is -0.137. The molecular formula is C29H33N7O8. The topological polar surface area (TPSA) is 191 Å². The summed E-state index contributed by atoms with van der Waals surface area (Å²) >= 11 is 0. The summed E-state index contributed by atoms with van der Waals surface area (Å²) in [6.07, 6.45) is -2.33. The molecular weight excluding hydrogens is 574 g/mol. The number of likely N-dealkylation sites (N-methyl/N-ethyl adjacent to an activating group) is 1. The van der Waals surface area contributed by atoms with E-state index in [2.05, 4.69) is 30.9 Å². The Morgan fingerprint density at radius 2 is 1.59 bits per heavy atom. The fraction of sp³-hybridized carbons (Fsp3) is 0.345. The van der Waals surface area contributed by atoms with Gasteiger partial charge in [0.25, 0.3) is 11.8 Å². The van der Waals surface area contributed by atoms with Gasteiger partial charge in [0.15, 0.2) is 40.8 Å². The molecule has 5 N–H and O–H groups in total. The van der Waals surface area contributed by atoms with Gasteiger partial charge in [-0.3, -0.25) is 14.2 Å². The molecule has 0 spiro atoms. The molecule has 1 saturated heterocycles. The molecule has 15 nitrogen and oxygen atoms in total. The number of aliphatic hydroxyl groups is 2. The third kappa shape index (κ3) is 5.92. The van der Waals surface area contributed by atoms with Crippen LogP contribution in [0.15, 0.2) is 49.1 Å². The van der Waals surface area contributed by atoms with Gasteiger partial charge in [-0.2, -0.15) is 0 Å². The van der Waals surface area contributed by atoms with E-state index in [1.54, 1.807) is 12.1 Å². The normalized spacial score (nSPS) is 19.4. The SMILES string of the molecule is CNC(=O)[C@H]1O[C@@H](n2cnc3c(NCc4ccc(CNC(=O)c5cc(OC)c(OC)c(OC)c5)cc4)ncnc32)C(O)[C@H]1O. The van der Waals surface area contributed by atoms with Crippen LogP contribution in [-0.2, 0) is 22.6 Å². The first-order valence-corrected chi connectivity index (χ1v) is 13.6. The number of methoxy groups -OCH3 is 3. The number of rotatable bonds is 11. The van der Waals surface area contributed by atoms with Crippen LogP contribution >= 0.6 is 0 Å². The quantitative estimate of drug-likeness (QED) is 0.161. The van der Waals surface area contributed by atoms with Gasteiger partial charge in [0.2, 0.25) is 5.75 Å². The fourth-order valence-electron chi connectivity index (χ4n) is 4.87. The Bertz CT molecular complexity index is 1620. The average molecular weight is 608 g/mol. The van der Waals surface area contributed by atoms with Gasteiger partial charge in [0.1, 0.15) is 18.5 Å². The van der Waals surface area contributed by atoms with Crippen molar-refractivity contribution >= 4 is 28.8 Å². The summed E-state index contributed by atoms with van der Waals surface area (Å²) in [5.74, 6) is 0.790. The fourth-order valence-corrected chi connectivity index (χ4v) is 4.87. The monoisotopic (exact) mass is 607 g/mol. The van der Waals surface area contributed by atoms with E-state index < -0.39 is 30.4 Å². The van der Waals surface area contributed by atoms with Crippen molar-refractivity contribution in [3.8, 4) is 17.2 Å². The van der Waals surface area contributed by atoms with E-state index >= 15 is 0 Å². The van der Waals surface area contributed by atoms with Gasteiger partial charge in [0.05, 0.1) is 27.7 Å². The van der Waals surface area contributed by atoms with Crippen LogP contribution in [0.1, 0.15) is 27.7 Å².